The molecule has 0 radical (unpaired) electrons. The fraction of sp³-hybridized carbons (Fsp3) is 0. The molecule has 14 aromatic carbocycles. The lowest BCUT2D eigenvalue weighted by Crippen LogP contribution is -2.04. The third kappa shape index (κ3) is 7.41. The molecule has 0 saturated heterocycles. The van der Waals surface area contributed by atoms with Crippen LogP contribution in [0, 0.1) is 0 Å². The average Bonchev–Trinajstić information content (AvgIpc) is 3.39. The highest BCUT2D eigenvalue weighted by Crippen LogP contribution is 2.48. The fourth-order valence-electron chi connectivity index (χ4n) is 12.9. The van der Waals surface area contributed by atoms with E-state index < -0.39 is 0 Å². The van der Waals surface area contributed by atoms with Crippen molar-refractivity contribution in [2.45, 2.75) is 0 Å². The third-order valence-corrected chi connectivity index (χ3v) is 18.0. The highest BCUT2D eigenvalue weighted by atomic mass is 32.1. The van der Waals surface area contributed by atoms with Crippen molar-refractivity contribution in [3.63, 3.8) is 0 Å². The Labute approximate surface area is 476 Å². The fourth-order valence-corrected chi connectivity index (χ4v) is 14.0. The molecule has 0 aliphatic rings. The van der Waals surface area contributed by atoms with E-state index in [1.54, 1.807) is 0 Å². The molecule has 82 heavy (non-hydrogen) atoms. The van der Waals surface area contributed by atoms with Crippen LogP contribution in [0.5, 0.6) is 0 Å². The van der Waals surface area contributed by atoms with Crippen LogP contribution in [0.15, 0.2) is 279 Å². The van der Waals surface area contributed by atoms with Crippen molar-refractivity contribution in [2.75, 3.05) is 0 Å². The normalized spacial score (nSPS) is 11.9. The van der Waals surface area contributed by atoms with Gasteiger partial charge in [0, 0.05) is 53.0 Å². The molecule has 0 atom stereocenters. The van der Waals surface area contributed by atoms with Gasteiger partial charge in [0.15, 0.2) is 17.5 Å². The summed E-state index contributed by atoms with van der Waals surface area (Å²) in [5.74, 6) is 1.81. The van der Waals surface area contributed by atoms with Crippen LogP contribution in [-0.2, 0) is 0 Å². The van der Waals surface area contributed by atoms with Gasteiger partial charge in [0.05, 0.1) is 16.7 Å². The van der Waals surface area contributed by atoms with Crippen LogP contribution in [0.25, 0.3) is 169 Å². The molecular formula is C77H46N4S. The molecule has 17 rings (SSSR count). The second-order valence-electron chi connectivity index (χ2n) is 21.4. The summed E-state index contributed by atoms with van der Waals surface area (Å²) in [4.78, 5) is 16.8. The Balaban J connectivity index is 0.996. The van der Waals surface area contributed by atoms with Crippen LogP contribution in [0.1, 0.15) is 0 Å². The number of rotatable bonds is 7. The van der Waals surface area contributed by atoms with Crippen molar-refractivity contribution >= 4 is 107 Å². The molecule has 0 fully saturated rings. The topological polar surface area (TPSA) is 43.6 Å². The minimum absolute atomic E-state index is 0.597. The van der Waals surface area contributed by atoms with Crippen molar-refractivity contribution in [3.8, 4) is 73.2 Å². The van der Waals surface area contributed by atoms with Crippen LogP contribution in [0.3, 0.4) is 0 Å². The highest BCUT2D eigenvalue weighted by molar-refractivity contribution is 7.25. The largest absolute Gasteiger partial charge is 0.309 e. The minimum Gasteiger partial charge on any atom is -0.309 e. The second kappa shape index (κ2) is 18.5. The molecule has 17 aromatic rings. The Morgan fingerprint density at radius 3 is 1.57 bits per heavy atom. The molecular weight excluding hydrogens is 1010 g/mol. The van der Waals surface area contributed by atoms with Crippen molar-refractivity contribution in [2.24, 2.45) is 0 Å². The van der Waals surface area contributed by atoms with Gasteiger partial charge >= 0.3 is 0 Å². The van der Waals surface area contributed by atoms with E-state index in [1.807, 2.05) is 11.3 Å². The number of aromatic nitrogens is 4. The van der Waals surface area contributed by atoms with E-state index in [-0.39, 0.29) is 0 Å². The van der Waals surface area contributed by atoms with E-state index in [1.165, 1.54) is 68.8 Å². The predicted octanol–water partition coefficient (Wildman–Crippen LogP) is 21.1. The molecule has 3 aromatic heterocycles. The maximum absolute atomic E-state index is 5.70. The molecule has 4 nitrogen and oxygen atoms in total. The Bertz CT molecular complexity index is 5450. The molecule has 0 aliphatic heterocycles. The van der Waals surface area contributed by atoms with Crippen molar-refractivity contribution in [3.05, 3.63) is 279 Å². The number of fused-ring (bicyclic) bond motifs is 12. The third-order valence-electron chi connectivity index (χ3n) is 16.8. The summed E-state index contributed by atoms with van der Waals surface area (Å²) in [6.07, 6.45) is 0. The molecule has 3 heterocycles. The molecule has 0 saturated carbocycles. The van der Waals surface area contributed by atoms with Crippen LogP contribution in [0.4, 0.5) is 0 Å². The lowest BCUT2D eigenvalue weighted by atomic mass is 9.88. The van der Waals surface area contributed by atoms with Crippen LogP contribution >= 0.6 is 11.3 Å². The first-order valence-corrected chi connectivity index (χ1v) is 28.7. The van der Waals surface area contributed by atoms with E-state index in [4.69, 9.17) is 15.0 Å². The van der Waals surface area contributed by atoms with E-state index in [0.29, 0.717) is 17.5 Å². The summed E-state index contributed by atoms with van der Waals surface area (Å²) in [6.45, 7) is 0. The van der Waals surface area contributed by atoms with Crippen LogP contribution < -0.4 is 0 Å². The van der Waals surface area contributed by atoms with Gasteiger partial charge in [-0.3, -0.25) is 0 Å². The van der Waals surface area contributed by atoms with Crippen LogP contribution in [0.2, 0.25) is 0 Å². The van der Waals surface area contributed by atoms with Gasteiger partial charge < -0.3 is 4.57 Å². The Kier molecular flexibility index (Phi) is 10.5. The first-order chi connectivity index (χ1) is 40.6. The van der Waals surface area contributed by atoms with Gasteiger partial charge in [-0.25, -0.2) is 15.0 Å². The highest BCUT2D eigenvalue weighted by Gasteiger charge is 2.26. The summed E-state index contributed by atoms with van der Waals surface area (Å²) in [5.41, 5.74) is 12.8. The molecule has 0 bridgehead atoms. The van der Waals surface area contributed by atoms with Gasteiger partial charge in [-0.2, -0.15) is 0 Å². The summed E-state index contributed by atoms with van der Waals surface area (Å²) < 4.78 is 5.01. The Morgan fingerprint density at radius 1 is 0.256 bits per heavy atom. The minimum atomic E-state index is 0.597. The van der Waals surface area contributed by atoms with E-state index in [0.717, 1.165) is 82.8 Å². The lowest BCUT2D eigenvalue weighted by molar-refractivity contribution is 1.08. The van der Waals surface area contributed by atoms with Gasteiger partial charge in [0.2, 0.25) is 0 Å². The monoisotopic (exact) mass is 1060 g/mol. The molecule has 5 heteroatoms. The van der Waals surface area contributed by atoms with Crippen molar-refractivity contribution < 1.29 is 0 Å². The van der Waals surface area contributed by atoms with E-state index in [9.17, 15) is 0 Å². The van der Waals surface area contributed by atoms with E-state index >= 15 is 0 Å². The summed E-state index contributed by atoms with van der Waals surface area (Å²) >= 11 is 1.81. The zero-order valence-corrected chi connectivity index (χ0v) is 45.1. The van der Waals surface area contributed by atoms with Gasteiger partial charge in [-0.1, -0.05) is 224 Å². The summed E-state index contributed by atoms with van der Waals surface area (Å²) in [6, 6.07) is 102. The maximum Gasteiger partial charge on any atom is 0.165 e. The molecule has 0 unspecified atom stereocenters. The zero-order chi connectivity index (χ0) is 53.8. The second-order valence-corrected chi connectivity index (χ2v) is 22.5. The first-order valence-electron chi connectivity index (χ1n) is 27.9. The lowest BCUT2D eigenvalue weighted by Gasteiger charge is -2.21. The predicted molar refractivity (Wildman–Crippen MR) is 347 cm³/mol. The van der Waals surface area contributed by atoms with Gasteiger partial charge in [0.25, 0.3) is 0 Å². The van der Waals surface area contributed by atoms with Gasteiger partial charge in [0.1, 0.15) is 0 Å². The molecule has 380 valence electrons. The molecule has 0 spiro atoms. The average molecular weight is 1060 g/mol. The molecule has 0 amide bonds. The van der Waals surface area contributed by atoms with Crippen molar-refractivity contribution in [1.82, 2.24) is 19.5 Å². The van der Waals surface area contributed by atoms with Crippen molar-refractivity contribution in [1.29, 1.82) is 0 Å². The zero-order valence-electron chi connectivity index (χ0n) is 44.3. The number of hydrogen-bond donors (Lipinski definition) is 0. The smallest absolute Gasteiger partial charge is 0.165 e. The number of hydrogen-bond acceptors (Lipinski definition) is 4. The number of thiophene rings is 1. The summed E-state index contributed by atoms with van der Waals surface area (Å²) in [7, 11) is 0. The number of benzene rings is 14. The van der Waals surface area contributed by atoms with Gasteiger partial charge in [-0.15, -0.1) is 11.3 Å². The molecule has 0 N–H and O–H groups in total. The first kappa shape index (κ1) is 46.3. The molecule has 0 aliphatic carbocycles. The Morgan fingerprint density at radius 2 is 0.805 bits per heavy atom. The maximum atomic E-state index is 5.70. The van der Waals surface area contributed by atoms with Gasteiger partial charge in [-0.05, 0) is 136 Å². The van der Waals surface area contributed by atoms with Crippen LogP contribution in [-0.4, -0.2) is 19.5 Å². The summed E-state index contributed by atoms with van der Waals surface area (Å²) in [5, 5.41) is 16.5. The van der Waals surface area contributed by atoms with E-state index in [2.05, 4.69) is 284 Å². The quantitative estimate of drug-likeness (QED) is 0.160. The number of nitrogens with zero attached hydrogens (tertiary/aromatic N) is 4. The standard InChI is InChI=1S/C77H46N4S/c1-2-16-47(17-3-1)55-36-39-63-64(42-55)70(81-68-40-37-50-20-8-11-27-60(50)73(68)67-43-53-21-4-5-22-54(53)45-69(67)81)46-66(61-30-15-24-49-19-7-10-26-59(49)61)74(63)77-79-75(52-34-32-51(33-35-52)58-29-14-23-48-18-6-9-25-57(48)58)78-76(80-77)56-38-41-72-65(44-56)62-28-12-13-31-71(62)82-72/h1-46H. The SMILES string of the molecule is c1ccc(-c2ccc3c(-c4nc(-c5ccc(-c6cccc7ccccc67)cc5)nc(-c5ccc6sc7ccccc7c6c5)n4)c(-c4cccc5ccccc45)cc(-n4c5cc6ccccc6cc5c5c6ccccc6ccc54)c3c2)cc1. The Hall–Kier alpha value is -10.6.